The van der Waals surface area contributed by atoms with Crippen molar-refractivity contribution >= 4 is 11.8 Å². The van der Waals surface area contributed by atoms with Crippen LogP contribution in [0.5, 0.6) is 0 Å². The van der Waals surface area contributed by atoms with Crippen LogP contribution in [0.2, 0.25) is 0 Å². The molecule has 0 spiro atoms. The van der Waals surface area contributed by atoms with Gasteiger partial charge in [0.1, 0.15) is 0 Å². The predicted octanol–water partition coefficient (Wildman–Crippen LogP) is 4.29. The molecule has 0 saturated heterocycles. The number of rotatable bonds is 6. The topological polar surface area (TPSA) is 39.9 Å². The first-order valence-electron chi connectivity index (χ1n) is 7.91. The normalized spacial score (nSPS) is 11.0. The highest BCUT2D eigenvalue weighted by atomic mass is 32.2. The van der Waals surface area contributed by atoms with E-state index < -0.39 is 0 Å². The lowest BCUT2D eigenvalue weighted by Crippen LogP contribution is -2.02. The number of hydrogen-bond donors (Lipinski definition) is 0. The summed E-state index contributed by atoms with van der Waals surface area (Å²) in [6.45, 7) is 4.94. The van der Waals surface area contributed by atoms with Crippen molar-refractivity contribution in [3.63, 3.8) is 0 Å². The fourth-order valence-electron chi connectivity index (χ4n) is 2.45. The molecule has 0 saturated carbocycles. The Balaban J connectivity index is 2.08. The Morgan fingerprint density at radius 3 is 2.50 bits per heavy atom. The highest BCUT2D eigenvalue weighted by molar-refractivity contribution is 7.99. The third kappa shape index (κ3) is 3.52. The number of aryl methyl sites for hydroxylation is 2. The maximum Gasteiger partial charge on any atom is 0.196 e. The zero-order valence-corrected chi connectivity index (χ0v) is 15.0. The van der Waals surface area contributed by atoms with Crippen LogP contribution in [0.25, 0.3) is 17.1 Å². The van der Waals surface area contributed by atoms with Crippen molar-refractivity contribution in [2.24, 2.45) is 0 Å². The number of benzene rings is 2. The van der Waals surface area contributed by atoms with Gasteiger partial charge in [-0.05, 0) is 37.1 Å². The molecule has 0 amide bonds. The van der Waals surface area contributed by atoms with E-state index in [2.05, 4.69) is 58.9 Å². The summed E-state index contributed by atoms with van der Waals surface area (Å²) in [5.41, 5.74) is 4.68. The summed E-state index contributed by atoms with van der Waals surface area (Å²) in [5.74, 6) is 1.70. The van der Waals surface area contributed by atoms with E-state index >= 15 is 0 Å². The van der Waals surface area contributed by atoms with Crippen LogP contribution in [0.1, 0.15) is 11.1 Å². The molecule has 24 heavy (non-hydrogen) atoms. The van der Waals surface area contributed by atoms with E-state index in [0.29, 0.717) is 6.61 Å². The molecule has 5 heteroatoms. The number of thioether (sulfide) groups is 1. The van der Waals surface area contributed by atoms with Gasteiger partial charge in [0.2, 0.25) is 0 Å². The minimum absolute atomic E-state index is 0.686. The van der Waals surface area contributed by atoms with Crippen LogP contribution in [-0.4, -0.2) is 34.2 Å². The number of nitrogens with zero attached hydrogens (tertiary/aromatic N) is 3. The smallest absolute Gasteiger partial charge is 0.196 e. The number of ether oxygens (including phenoxy) is 1. The Morgan fingerprint density at radius 2 is 1.79 bits per heavy atom. The van der Waals surface area contributed by atoms with Crippen LogP contribution >= 0.6 is 11.8 Å². The van der Waals surface area contributed by atoms with Gasteiger partial charge >= 0.3 is 0 Å². The lowest BCUT2D eigenvalue weighted by molar-refractivity contribution is 0.218. The Kier molecular flexibility index (Phi) is 5.33. The first-order valence-corrected chi connectivity index (χ1v) is 8.89. The second-order valence-electron chi connectivity index (χ2n) is 5.62. The largest absolute Gasteiger partial charge is 0.384 e. The fraction of sp³-hybridized carbons (Fsp3) is 0.263. The van der Waals surface area contributed by atoms with Gasteiger partial charge in [0.05, 0.1) is 12.3 Å². The van der Waals surface area contributed by atoms with E-state index in [1.807, 2.05) is 18.2 Å². The minimum Gasteiger partial charge on any atom is -0.384 e. The zero-order valence-electron chi connectivity index (χ0n) is 14.2. The molecule has 0 N–H and O–H groups in total. The second kappa shape index (κ2) is 7.64. The average Bonchev–Trinajstić information content (AvgIpc) is 3.02. The van der Waals surface area contributed by atoms with Crippen molar-refractivity contribution in [1.82, 2.24) is 14.8 Å². The molecule has 0 radical (unpaired) electrons. The van der Waals surface area contributed by atoms with E-state index in [9.17, 15) is 0 Å². The van der Waals surface area contributed by atoms with Crippen LogP contribution in [0.15, 0.2) is 53.7 Å². The molecule has 4 nitrogen and oxygen atoms in total. The van der Waals surface area contributed by atoms with Crippen LogP contribution in [0.4, 0.5) is 0 Å². The van der Waals surface area contributed by atoms with Gasteiger partial charge in [-0.25, -0.2) is 0 Å². The van der Waals surface area contributed by atoms with E-state index in [1.165, 1.54) is 11.1 Å². The molecule has 0 bridgehead atoms. The molecular weight excluding hydrogens is 318 g/mol. The van der Waals surface area contributed by atoms with Crippen molar-refractivity contribution in [2.75, 3.05) is 19.5 Å². The standard InChI is InChI=1S/C19H21N3OS/c1-14-9-10-17(13-15(14)2)22-18(16-7-5-4-6-8-16)20-21-19(22)24-12-11-23-3/h4-10,13H,11-12H2,1-3H3. The maximum absolute atomic E-state index is 5.16. The van der Waals surface area contributed by atoms with Crippen molar-refractivity contribution in [2.45, 2.75) is 19.0 Å². The SMILES string of the molecule is COCCSc1nnc(-c2ccccc2)n1-c1ccc(C)c(C)c1. The van der Waals surface area contributed by atoms with Crippen LogP contribution < -0.4 is 0 Å². The second-order valence-corrected chi connectivity index (χ2v) is 6.68. The van der Waals surface area contributed by atoms with Gasteiger partial charge in [-0.2, -0.15) is 0 Å². The van der Waals surface area contributed by atoms with Crippen molar-refractivity contribution in [1.29, 1.82) is 0 Å². The molecule has 0 atom stereocenters. The summed E-state index contributed by atoms with van der Waals surface area (Å²) in [6.07, 6.45) is 0. The maximum atomic E-state index is 5.16. The van der Waals surface area contributed by atoms with E-state index in [0.717, 1.165) is 28.0 Å². The first-order chi connectivity index (χ1) is 11.7. The van der Waals surface area contributed by atoms with E-state index in [-0.39, 0.29) is 0 Å². The molecule has 0 fully saturated rings. The van der Waals surface area contributed by atoms with E-state index in [4.69, 9.17) is 4.74 Å². The molecule has 3 aromatic rings. The van der Waals surface area contributed by atoms with Crippen LogP contribution in [-0.2, 0) is 4.74 Å². The Labute approximate surface area is 146 Å². The van der Waals surface area contributed by atoms with Gasteiger partial charge in [0.25, 0.3) is 0 Å². The number of aromatic nitrogens is 3. The van der Waals surface area contributed by atoms with Gasteiger partial charge in [-0.1, -0.05) is 48.2 Å². The molecule has 1 heterocycles. The third-order valence-electron chi connectivity index (χ3n) is 3.93. The summed E-state index contributed by atoms with van der Waals surface area (Å²) in [7, 11) is 1.71. The minimum atomic E-state index is 0.686. The molecule has 124 valence electrons. The van der Waals surface area contributed by atoms with E-state index in [1.54, 1.807) is 18.9 Å². The zero-order chi connectivity index (χ0) is 16.9. The molecule has 0 aliphatic rings. The average molecular weight is 339 g/mol. The summed E-state index contributed by atoms with van der Waals surface area (Å²) in [5, 5.41) is 9.74. The Morgan fingerprint density at radius 1 is 1.00 bits per heavy atom. The van der Waals surface area contributed by atoms with Gasteiger partial charge in [-0.15, -0.1) is 10.2 Å². The molecule has 3 rings (SSSR count). The van der Waals surface area contributed by atoms with Crippen molar-refractivity contribution in [3.8, 4) is 17.1 Å². The number of hydrogen-bond acceptors (Lipinski definition) is 4. The predicted molar refractivity (Wildman–Crippen MR) is 98.9 cm³/mol. The molecular formula is C19H21N3OS. The summed E-state index contributed by atoms with van der Waals surface area (Å²) >= 11 is 1.66. The van der Waals surface area contributed by atoms with Gasteiger partial charge in [0, 0.05) is 18.4 Å². The van der Waals surface area contributed by atoms with Gasteiger partial charge < -0.3 is 4.74 Å². The lowest BCUT2D eigenvalue weighted by Gasteiger charge is -2.12. The third-order valence-corrected chi connectivity index (χ3v) is 4.83. The highest BCUT2D eigenvalue weighted by Crippen LogP contribution is 2.28. The quantitative estimate of drug-likeness (QED) is 0.496. The Hall–Kier alpha value is -2.11. The molecule has 1 aromatic heterocycles. The highest BCUT2D eigenvalue weighted by Gasteiger charge is 2.16. The molecule has 0 aliphatic carbocycles. The molecule has 0 aliphatic heterocycles. The summed E-state index contributed by atoms with van der Waals surface area (Å²) in [4.78, 5) is 0. The number of methoxy groups -OCH3 is 1. The first kappa shape index (κ1) is 16.7. The summed E-state index contributed by atoms with van der Waals surface area (Å²) < 4.78 is 7.28. The van der Waals surface area contributed by atoms with Crippen molar-refractivity contribution in [3.05, 3.63) is 59.7 Å². The molecule has 0 unspecified atom stereocenters. The Bertz CT molecular complexity index is 815. The monoisotopic (exact) mass is 339 g/mol. The lowest BCUT2D eigenvalue weighted by atomic mass is 10.1. The van der Waals surface area contributed by atoms with Crippen LogP contribution in [0.3, 0.4) is 0 Å². The molecule has 2 aromatic carbocycles. The summed E-state index contributed by atoms with van der Waals surface area (Å²) in [6, 6.07) is 16.6. The van der Waals surface area contributed by atoms with Crippen molar-refractivity contribution < 1.29 is 4.74 Å². The van der Waals surface area contributed by atoms with Crippen LogP contribution in [0, 0.1) is 13.8 Å². The fourth-order valence-corrected chi connectivity index (χ4v) is 3.30. The van der Waals surface area contributed by atoms with Gasteiger partial charge in [-0.3, -0.25) is 4.57 Å². The van der Waals surface area contributed by atoms with Gasteiger partial charge in [0.15, 0.2) is 11.0 Å².